The van der Waals surface area contributed by atoms with E-state index in [9.17, 15) is 0 Å². The van der Waals surface area contributed by atoms with Crippen LogP contribution < -0.4 is 5.73 Å². The maximum atomic E-state index is 6.18. The van der Waals surface area contributed by atoms with E-state index in [4.69, 9.17) is 17.3 Å². The number of aryl methyl sites for hydroxylation is 1. The number of halogens is 2. The average molecular weight is 329 g/mol. The molecule has 0 fully saturated rings. The molecule has 116 valence electrons. The molecule has 6 heteroatoms. The number of aromatic nitrogens is 3. The van der Waals surface area contributed by atoms with Crippen LogP contribution in [0.1, 0.15) is 43.9 Å². The Hall–Kier alpha value is -1.000. The van der Waals surface area contributed by atoms with E-state index in [0.29, 0.717) is 23.5 Å². The summed E-state index contributed by atoms with van der Waals surface area (Å²) in [7, 11) is 0. The van der Waals surface area contributed by atoms with Gasteiger partial charge in [-0.3, -0.25) is 0 Å². The van der Waals surface area contributed by atoms with E-state index in [1.165, 1.54) is 5.56 Å². The summed E-state index contributed by atoms with van der Waals surface area (Å²) in [6.07, 6.45) is 5.16. The van der Waals surface area contributed by atoms with Crippen molar-refractivity contribution >= 4 is 40.9 Å². The summed E-state index contributed by atoms with van der Waals surface area (Å²) in [4.78, 5) is 9.06. The second kappa shape index (κ2) is 6.41. The van der Waals surface area contributed by atoms with Gasteiger partial charge in [0.2, 0.25) is 0 Å². The summed E-state index contributed by atoms with van der Waals surface area (Å²) in [6.45, 7) is 5.37. The van der Waals surface area contributed by atoms with Crippen LogP contribution in [0.25, 0.3) is 11.0 Å². The lowest BCUT2D eigenvalue weighted by Gasteiger charge is -2.25. The molecule has 2 aromatic rings. The Morgan fingerprint density at radius 2 is 2.24 bits per heavy atom. The zero-order valence-electron chi connectivity index (χ0n) is 12.5. The molecule has 1 atom stereocenters. The first kappa shape index (κ1) is 16.4. The Labute approximate surface area is 136 Å². The summed E-state index contributed by atoms with van der Waals surface area (Å²) in [5.74, 6) is 2.13. The molecule has 0 saturated heterocycles. The molecule has 0 radical (unpaired) electrons. The van der Waals surface area contributed by atoms with Crippen molar-refractivity contribution in [2.24, 2.45) is 5.92 Å². The number of anilines is 1. The zero-order chi connectivity index (χ0) is 14.3. The Bertz CT molecular complexity index is 636. The third-order valence-electron chi connectivity index (χ3n) is 4.02. The summed E-state index contributed by atoms with van der Waals surface area (Å²) in [5, 5.41) is 0. The molecule has 2 N–H and O–H groups in total. The van der Waals surface area contributed by atoms with E-state index in [-0.39, 0.29) is 12.4 Å². The summed E-state index contributed by atoms with van der Waals surface area (Å²) in [5.41, 5.74) is 10.5. The van der Waals surface area contributed by atoms with Crippen LogP contribution in [0.15, 0.2) is 6.33 Å². The van der Waals surface area contributed by atoms with Gasteiger partial charge in [-0.05, 0) is 25.2 Å². The van der Waals surface area contributed by atoms with Crippen LogP contribution in [0.2, 0.25) is 0 Å². The Morgan fingerprint density at radius 3 is 2.90 bits per heavy atom. The van der Waals surface area contributed by atoms with E-state index in [0.717, 1.165) is 42.5 Å². The van der Waals surface area contributed by atoms with Gasteiger partial charge in [-0.1, -0.05) is 13.8 Å². The minimum Gasteiger partial charge on any atom is -0.382 e. The summed E-state index contributed by atoms with van der Waals surface area (Å²) < 4.78 is 2.22. The van der Waals surface area contributed by atoms with Crippen molar-refractivity contribution in [1.29, 1.82) is 0 Å². The van der Waals surface area contributed by atoms with Gasteiger partial charge in [-0.25, -0.2) is 9.97 Å². The molecule has 0 aliphatic heterocycles. The van der Waals surface area contributed by atoms with Gasteiger partial charge in [0.25, 0.3) is 0 Å². The lowest BCUT2D eigenvalue weighted by atomic mass is 9.86. The lowest BCUT2D eigenvalue weighted by molar-refractivity contribution is 0.527. The third kappa shape index (κ3) is 2.84. The van der Waals surface area contributed by atoms with Gasteiger partial charge in [0.1, 0.15) is 5.52 Å². The normalized spacial score (nSPS) is 17.8. The minimum atomic E-state index is 0. The fraction of sp³-hybridized carbons (Fsp3) is 0.600. The highest BCUT2D eigenvalue weighted by Gasteiger charge is 2.26. The Balaban J connectivity index is 0.00000161. The number of fused-ring (bicyclic) bond motifs is 3. The maximum absolute atomic E-state index is 6.18. The molecule has 0 spiro atoms. The maximum Gasteiger partial charge on any atom is 0.151 e. The molecule has 21 heavy (non-hydrogen) atoms. The molecular formula is C15H22Cl2N4. The number of hydrogen-bond acceptors (Lipinski definition) is 3. The van der Waals surface area contributed by atoms with Crippen LogP contribution in [-0.4, -0.2) is 20.4 Å². The predicted octanol–water partition coefficient (Wildman–Crippen LogP) is 3.75. The Morgan fingerprint density at radius 1 is 1.48 bits per heavy atom. The second-order valence-corrected chi connectivity index (χ2v) is 6.40. The molecule has 3 rings (SSSR count). The monoisotopic (exact) mass is 328 g/mol. The molecule has 2 aromatic heterocycles. The van der Waals surface area contributed by atoms with Crippen LogP contribution in [0, 0.1) is 5.92 Å². The van der Waals surface area contributed by atoms with Crippen LogP contribution in [-0.2, 0) is 13.0 Å². The van der Waals surface area contributed by atoms with E-state index in [1.54, 1.807) is 0 Å². The van der Waals surface area contributed by atoms with Crippen molar-refractivity contribution in [2.75, 3.05) is 11.6 Å². The smallest absolute Gasteiger partial charge is 0.151 e. The molecule has 1 aliphatic carbocycles. The zero-order valence-corrected chi connectivity index (χ0v) is 14.0. The molecule has 0 amide bonds. The number of hydrogen-bond donors (Lipinski definition) is 1. The topological polar surface area (TPSA) is 56.7 Å². The standard InChI is InChI=1S/C15H21ClN4.ClH/c1-9(2)7-20-8-18-13-14(20)12-10(6-16)4-3-5-11(12)19-15(13)17;/h8-10H,3-7H2,1-2H3,(H2,17,19);1H. The van der Waals surface area contributed by atoms with Gasteiger partial charge in [0.05, 0.1) is 11.8 Å². The quantitative estimate of drug-likeness (QED) is 0.873. The van der Waals surface area contributed by atoms with Gasteiger partial charge >= 0.3 is 0 Å². The molecule has 1 aliphatic rings. The van der Waals surface area contributed by atoms with Gasteiger partial charge < -0.3 is 10.3 Å². The minimum absolute atomic E-state index is 0. The fourth-order valence-corrected chi connectivity index (χ4v) is 3.52. The van der Waals surface area contributed by atoms with Crippen molar-refractivity contribution in [2.45, 2.75) is 45.6 Å². The van der Waals surface area contributed by atoms with Gasteiger partial charge in [0, 0.05) is 29.6 Å². The van der Waals surface area contributed by atoms with Crippen LogP contribution >= 0.6 is 24.0 Å². The molecule has 0 saturated carbocycles. The van der Waals surface area contributed by atoms with E-state index < -0.39 is 0 Å². The SMILES string of the molecule is CC(C)Cn1cnc2c(N)nc3c(c21)C(CCl)CCC3.Cl. The fourth-order valence-electron chi connectivity index (χ4n) is 3.21. The second-order valence-electron chi connectivity index (χ2n) is 6.09. The highest BCUT2D eigenvalue weighted by molar-refractivity contribution is 6.18. The molecule has 1 unspecified atom stereocenters. The average Bonchev–Trinajstić information content (AvgIpc) is 2.82. The van der Waals surface area contributed by atoms with Crippen LogP contribution in [0.3, 0.4) is 0 Å². The van der Waals surface area contributed by atoms with Crippen LogP contribution in [0.4, 0.5) is 5.82 Å². The number of nitrogen functional groups attached to an aromatic ring is 1. The molecule has 4 nitrogen and oxygen atoms in total. The van der Waals surface area contributed by atoms with Crippen molar-refractivity contribution < 1.29 is 0 Å². The predicted molar refractivity (Wildman–Crippen MR) is 90.4 cm³/mol. The van der Waals surface area contributed by atoms with Gasteiger partial charge in [0.15, 0.2) is 5.82 Å². The van der Waals surface area contributed by atoms with Crippen molar-refractivity contribution in [3.05, 3.63) is 17.6 Å². The van der Waals surface area contributed by atoms with Gasteiger partial charge in [-0.2, -0.15) is 0 Å². The first-order chi connectivity index (χ1) is 9.61. The molecule has 0 bridgehead atoms. The summed E-state index contributed by atoms with van der Waals surface area (Å²) in [6, 6.07) is 0. The van der Waals surface area contributed by atoms with E-state index in [2.05, 4.69) is 28.4 Å². The Kier molecular flexibility index (Phi) is 4.99. The highest BCUT2D eigenvalue weighted by Crippen LogP contribution is 2.38. The van der Waals surface area contributed by atoms with Crippen molar-refractivity contribution in [3.8, 4) is 0 Å². The first-order valence-corrected chi connectivity index (χ1v) is 7.84. The van der Waals surface area contributed by atoms with Crippen molar-refractivity contribution in [1.82, 2.24) is 14.5 Å². The third-order valence-corrected chi connectivity index (χ3v) is 4.40. The van der Waals surface area contributed by atoms with Gasteiger partial charge in [-0.15, -0.1) is 24.0 Å². The molecule has 0 aromatic carbocycles. The van der Waals surface area contributed by atoms with E-state index >= 15 is 0 Å². The number of alkyl halides is 1. The lowest BCUT2D eigenvalue weighted by Crippen LogP contribution is -2.16. The molecular weight excluding hydrogens is 307 g/mol. The number of imidazole rings is 1. The molecule has 2 heterocycles. The summed E-state index contributed by atoms with van der Waals surface area (Å²) >= 11 is 6.18. The number of pyridine rings is 1. The number of nitrogens with zero attached hydrogens (tertiary/aromatic N) is 3. The number of rotatable bonds is 3. The first-order valence-electron chi connectivity index (χ1n) is 7.30. The van der Waals surface area contributed by atoms with Crippen LogP contribution in [0.5, 0.6) is 0 Å². The largest absolute Gasteiger partial charge is 0.382 e. The van der Waals surface area contributed by atoms with E-state index in [1.807, 2.05) is 6.33 Å². The highest BCUT2D eigenvalue weighted by atomic mass is 35.5. The number of nitrogens with two attached hydrogens (primary N) is 1. The van der Waals surface area contributed by atoms with Crippen molar-refractivity contribution in [3.63, 3.8) is 0 Å².